The van der Waals surface area contributed by atoms with Crippen molar-refractivity contribution < 1.29 is 17.2 Å². The van der Waals surface area contributed by atoms with Gasteiger partial charge in [-0.3, -0.25) is 4.72 Å². The standard InChI is InChI=1S/C18H16FNO3S/c1-24(21,22)20-16-10-18-13(8-15(16)11-2-3-11)9-17(23-18)12-4-6-14(19)7-5-12/h4-11,20H,2-3H2,1H3. The van der Waals surface area contributed by atoms with Gasteiger partial charge < -0.3 is 4.42 Å². The van der Waals surface area contributed by atoms with Gasteiger partial charge in [0, 0.05) is 17.0 Å². The van der Waals surface area contributed by atoms with Gasteiger partial charge in [-0.15, -0.1) is 0 Å². The van der Waals surface area contributed by atoms with Crippen molar-refractivity contribution in [3.05, 3.63) is 53.8 Å². The predicted octanol–water partition coefficient (Wildman–Crippen LogP) is 4.49. The number of anilines is 1. The molecule has 0 radical (unpaired) electrons. The number of hydrogen-bond donors (Lipinski definition) is 1. The zero-order valence-electron chi connectivity index (χ0n) is 13.0. The minimum atomic E-state index is -3.36. The van der Waals surface area contributed by atoms with Gasteiger partial charge in [-0.05, 0) is 60.7 Å². The highest BCUT2D eigenvalue weighted by molar-refractivity contribution is 7.92. The quantitative estimate of drug-likeness (QED) is 0.758. The molecule has 1 heterocycles. The molecule has 0 atom stereocenters. The van der Waals surface area contributed by atoms with E-state index < -0.39 is 10.0 Å². The van der Waals surface area contributed by atoms with E-state index in [1.165, 1.54) is 12.1 Å². The van der Waals surface area contributed by atoms with Crippen molar-refractivity contribution in [3.8, 4) is 11.3 Å². The monoisotopic (exact) mass is 345 g/mol. The Hall–Kier alpha value is -2.34. The van der Waals surface area contributed by atoms with Crippen LogP contribution in [0.15, 0.2) is 46.9 Å². The van der Waals surface area contributed by atoms with Crippen LogP contribution in [0.25, 0.3) is 22.3 Å². The van der Waals surface area contributed by atoms with E-state index in [1.807, 2.05) is 12.1 Å². The maximum absolute atomic E-state index is 13.1. The lowest BCUT2D eigenvalue weighted by Crippen LogP contribution is -2.11. The summed E-state index contributed by atoms with van der Waals surface area (Å²) in [6.07, 6.45) is 3.26. The number of furan rings is 1. The first-order chi connectivity index (χ1) is 11.4. The van der Waals surface area contributed by atoms with E-state index in [0.29, 0.717) is 22.9 Å². The summed E-state index contributed by atoms with van der Waals surface area (Å²) in [6.45, 7) is 0. The lowest BCUT2D eigenvalue weighted by molar-refractivity contribution is 0.606. The molecule has 1 aliphatic rings. The average molecular weight is 345 g/mol. The van der Waals surface area contributed by atoms with Gasteiger partial charge >= 0.3 is 0 Å². The van der Waals surface area contributed by atoms with Gasteiger partial charge in [-0.2, -0.15) is 0 Å². The highest BCUT2D eigenvalue weighted by Gasteiger charge is 2.28. The average Bonchev–Trinajstić information content (AvgIpc) is 3.26. The van der Waals surface area contributed by atoms with Crippen LogP contribution in [-0.4, -0.2) is 14.7 Å². The van der Waals surface area contributed by atoms with Gasteiger partial charge in [0.2, 0.25) is 10.0 Å². The summed E-state index contributed by atoms with van der Waals surface area (Å²) in [5.41, 5.74) is 2.95. The van der Waals surface area contributed by atoms with E-state index in [-0.39, 0.29) is 5.82 Å². The van der Waals surface area contributed by atoms with Crippen molar-refractivity contribution in [1.29, 1.82) is 0 Å². The van der Waals surface area contributed by atoms with Crippen LogP contribution in [-0.2, 0) is 10.0 Å². The first-order valence-corrected chi connectivity index (χ1v) is 9.59. The fourth-order valence-corrected chi connectivity index (χ4v) is 3.46. The molecule has 1 aliphatic carbocycles. The molecule has 4 rings (SSSR count). The number of fused-ring (bicyclic) bond motifs is 1. The van der Waals surface area contributed by atoms with Crippen molar-refractivity contribution in [3.63, 3.8) is 0 Å². The zero-order chi connectivity index (χ0) is 16.9. The Bertz CT molecular complexity index is 1020. The second-order valence-electron chi connectivity index (χ2n) is 6.24. The summed E-state index contributed by atoms with van der Waals surface area (Å²) in [4.78, 5) is 0. The molecule has 0 unspecified atom stereocenters. The molecule has 3 aromatic rings. The van der Waals surface area contributed by atoms with Crippen molar-refractivity contribution in [2.75, 3.05) is 11.0 Å². The van der Waals surface area contributed by atoms with Crippen molar-refractivity contribution in [2.45, 2.75) is 18.8 Å². The summed E-state index contributed by atoms with van der Waals surface area (Å²) in [5.74, 6) is 0.719. The van der Waals surface area contributed by atoms with Gasteiger partial charge in [0.25, 0.3) is 0 Å². The highest BCUT2D eigenvalue weighted by atomic mass is 32.2. The van der Waals surface area contributed by atoms with E-state index in [1.54, 1.807) is 18.2 Å². The highest BCUT2D eigenvalue weighted by Crippen LogP contribution is 2.45. The number of benzene rings is 2. The molecule has 1 aromatic heterocycles. The minimum Gasteiger partial charge on any atom is -0.456 e. The maximum atomic E-state index is 13.1. The Morgan fingerprint density at radius 3 is 2.46 bits per heavy atom. The largest absolute Gasteiger partial charge is 0.456 e. The predicted molar refractivity (Wildman–Crippen MR) is 92.0 cm³/mol. The van der Waals surface area contributed by atoms with E-state index >= 15 is 0 Å². The molecule has 1 N–H and O–H groups in total. The molecule has 0 spiro atoms. The number of sulfonamides is 1. The van der Waals surface area contributed by atoms with E-state index in [0.717, 1.165) is 35.6 Å². The smallest absolute Gasteiger partial charge is 0.229 e. The fraction of sp³-hybridized carbons (Fsp3) is 0.222. The van der Waals surface area contributed by atoms with Crippen LogP contribution in [0.3, 0.4) is 0 Å². The SMILES string of the molecule is CS(=O)(=O)Nc1cc2oc(-c3ccc(F)cc3)cc2cc1C1CC1. The molecular formula is C18H16FNO3S. The molecular weight excluding hydrogens is 329 g/mol. The lowest BCUT2D eigenvalue weighted by atomic mass is 10.1. The Balaban J connectivity index is 1.82. The van der Waals surface area contributed by atoms with E-state index in [9.17, 15) is 12.8 Å². The molecule has 24 heavy (non-hydrogen) atoms. The first kappa shape index (κ1) is 15.2. The molecule has 6 heteroatoms. The summed E-state index contributed by atoms with van der Waals surface area (Å²) in [6, 6.07) is 11.7. The van der Waals surface area contributed by atoms with Crippen LogP contribution in [0.2, 0.25) is 0 Å². The van der Waals surface area contributed by atoms with Crippen LogP contribution in [0.5, 0.6) is 0 Å². The Morgan fingerprint density at radius 2 is 1.83 bits per heavy atom. The Morgan fingerprint density at radius 1 is 1.12 bits per heavy atom. The summed E-state index contributed by atoms with van der Waals surface area (Å²) in [5, 5.41) is 0.912. The third-order valence-corrected chi connectivity index (χ3v) is 4.72. The lowest BCUT2D eigenvalue weighted by Gasteiger charge is -2.10. The van der Waals surface area contributed by atoms with Crippen molar-refractivity contribution >= 4 is 26.7 Å². The number of nitrogens with one attached hydrogen (secondary N) is 1. The Labute approximate surface area is 139 Å². The van der Waals surface area contributed by atoms with Gasteiger partial charge in [0.05, 0.1) is 11.9 Å². The third-order valence-electron chi connectivity index (χ3n) is 4.13. The van der Waals surface area contributed by atoms with Crippen LogP contribution < -0.4 is 4.72 Å². The van der Waals surface area contributed by atoms with Gasteiger partial charge in [-0.1, -0.05) is 0 Å². The third kappa shape index (κ3) is 3.01. The van der Waals surface area contributed by atoms with Crippen LogP contribution in [0.4, 0.5) is 10.1 Å². The fourth-order valence-electron chi connectivity index (χ4n) is 2.88. The summed E-state index contributed by atoms with van der Waals surface area (Å²) in [7, 11) is -3.36. The van der Waals surface area contributed by atoms with Crippen molar-refractivity contribution in [1.82, 2.24) is 0 Å². The molecule has 0 saturated heterocycles. The first-order valence-electron chi connectivity index (χ1n) is 7.70. The van der Waals surface area contributed by atoms with Crippen LogP contribution in [0, 0.1) is 5.82 Å². The van der Waals surface area contributed by atoms with E-state index in [2.05, 4.69) is 4.72 Å². The van der Waals surface area contributed by atoms with Crippen LogP contribution >= 0.6 is 0 Å². The zero-order valence-corrected chi connectivity index (χ0v) is 13.9. The molecule has 2 aromatic carbocycles. The number of rotatable bonds is 4. The molecule has 1 fully saturated rings. The maximum Gasteiger partial charge on any atom is 0.229 e. The topological polar surface area (TPSA) is 59.3 Å². The van der Waals surface area contributed by atoms with Crippen molar-refractivity contribution in [2.24, 2.45) is 0 Å². The number of hydrogen-bond acceptors (Lipinski definition) is 3. The normalized spacial score (nSPS) is 14.9. The van der Waals surface area contributed by atoms with Crippen LogP contribution in [0.1, 0.15) is 24.3 Å². The molecule has 124 valence electrons. The van der Waals surface area contributed by atoms with E-state index in [4.69, 9.17) is 4.42 Å². The van der Waals surface area contributed by atoms with Gasteiger partial charge in [-0.25, -0.2) is 12.8 Å². The summed E-state index contributed by atoms with van der Waals surface area (Å²) < 4.78 is 44.7. The number of halogens is 1. The second-order valence-corrected chi connectivity index (χ2v) is 7.99. The van der Waals surface area contributed by atoms with Gasteiger partial charge in [0.15, 0.2) is 0 Å². The summed E-state index contributed by atoms with van der Waals surface area (Å²) >= 11 is 0. The molecule has 0 amide bonds. The molecule has 4 nitrogen and oxygen atoms in total. The minimum absolute atomic E-state index is 0.300. The second kappa shape index (κ2) is 5.34. The molecule has 1 saturated carbocycles. The van der Waals surface area contributed by atoms with Gasteiger partial charge in [0.1, 0.15) is 17.2 Å². The molecule has 0 aliphatic heterocycles. The molecule has 0 bridgehead atoms. The Kier molecular flexibility index (Phi) is 3.38.